The number of benzene rings is 5. The first kappa shape index (κ1) is 27.2. The van der Waals surface area contributed by atoms with Crippen LogP contribution in [0.2, 0.25) is 0 Å². The Balaban J connectivity index is 1.28. The fourth-order valence-electron chi connectivity index (χ4n) is 6.09. The van der Waals surface area contributed by atoms with E-state index in [1.807, 2.05) is 18.2 Å². The molecule has 1 heterocycles. The van der Waals surface area contributed by atoms with Gasteiger partial charge in [-0.2, -0.15) is 13.2 Å². The molecular weight excluding hydrogens is 573 g/mol. The maximum absolute atomic E-state index is 12.9. The van der Waals surface area contributed by atoms with E-state index in [9.17, 15) is 26.4 Å². The summed E-state index contributed by atoms with van der Waals surface area (Å²) in [5.41, 5.74) is 1.97. The Bertz CT molecular complexity index is 2220. The molecule has 0 radical (unpaired) electrons. The lowest BCUT2D eigenvalue weighted by molar-refractivity contribution is -0.0437. The first-order chi connectivity index (χ1) is 20.6. The maximum atomic E-state index is 12.9. The molecule has 1 aliphatic carbocycles. The van der Waals surface area contributed by atoms with Gasteiger partial charge in [0.05, 0.1) is 11.1 Å². The fraction of sp³-hybridized carbons (Fsp3) is 0.114. The third kappa shape index (κ3) is 4.72. The SMILES string of the molecule is O=c1oc2cc(-c3ccc4c(c3)-c3ccccc3C(c3ccccc3)C4)ccc2c2ccc(CS(=O)(=O)C(F)(F)F)cc12. The van der Waals surface area contributed by atoms with Gasteiger partial charge in [-0.15, -0.1) is 0 Å². The Morgan fingerprint density at radius 2 is 1.42 bits per heavy atom. The van der Waals surface area contributed by atoms with Crippen molar-refractivity contribution in [2.45, 2.75) is 23.6 Å². The molecule has 0 saturated heterocycles. The normalized spacial score (nSPS) is 14.9. The van der Waals surface area contributed by atoms with Gasteiger partial charge in [-0.25, -0.2) is 13.2 Å². The van der Waals surface area contributed by atoms with E-state index >= 15 is 0 Å². The second-order valence-corrected chi connectivity index (χ2v) is 12.8. The predicted octanol–water partition coefficient (Wildman–Crippen LogP) is 8.40. The molecular formula is C35H23F3O4S. The maximum Gasteiger partial charge on any atom is 0.497 e. The van der Waals surface area contributed by atoms with Crippen LogP contribution in [0.3, 0.4) is 0 Å². The molecule has 7 rings (SSSR count). The zero-order valence-corrected chi connectivity index (χ0v) is 23.4. The number of hydrogen-bond acceptors (Lipinski definition) is 4. The topological polar surface area (TPSA) is 64.3 Å². The highest BCUT2D eigenvalue weighted by atomic mass is 32.2. The van der Waals surface area contributed by atoms with E-state index in [1.54, 1.807) is 12.1 Å². The molecule has 0 amide bonds. The number of hydrogen-bond donors (Lipinski definition) is 0. The predicted molar refractivity (Wildman–Crippen MR) is 162 cm³/mol. The van der Waals surface area contributed by atoms with Gasteiger partial charge in [-0.1, -0.05) is 84.9 Å². The summed E-state index contributed by atoms with van der Waals surface area (Å²) in [4.78, 5) is 12.9. The Hall–Kier alpha value is -4.69. The van der Waals surface area contributed by atoms with E-state index in [4.69, 9.17) is 4.42 Å². The number of alkyl halides is 3. The minimum atomic E-state index is -5.39. The largest absolute Gasteiger partial charge is 0.497 e. The van der Waals surface area contributed by atoms with Crippen LogP contribution in [-0.2, 0) is 22.0 Å². The molecule has 0 saturated carbocycles. The summed E-state index contributed by atoms with van der Waals surface area (Å²) < 4.78 is 67.5. The Labute approximate surface area is 245 Å². The highest BCUT2D eigenvalue weighted by molar-refractivity contribution is 7.91. The molecule has 1 atom stereocenters. The molecule has 1 aliphatic rings. The molecule has 214 valence electrons. The molecule has 0 fully saturated rings. The van der Waals surface area contributed by atoms with Crippen LogP contribution in [0.15, 0.2) is 118 Å². The van der Waals surface area contributed by atoms with E-state index in [1.165, 1.54) is 34.4 Å². The van der Waals surface area contributed by atoms with Crippen LogP contribution in [0.1, 0.15) is 28.2 Å². The summed E-state index contributed by atoms with van der Waals surface area (Å²) in [5.74, 6) is -0.996. The average Bonchev–Trinajstić information content (AvgIpc) is 3.00. The average molecular weight is 597 g/mol. The summed E-state index contributed by atoms with van der Waals surface area (Å²) in [5, 5.41) is 1.09. The van der Waals surface area contributed by atoms with Crippen molar-refractivity contribution in [2.75, 3.05) is 0 Å². The van der Waals surface area contributed by atoms with Crippen LogP contribution in [0.5, 0.6) is 0 Å². The van der Waals surface area contributed by atoms with Gasteiger partial charge in [-0.05, 0) is 80.6 Å². The summed E-state index contributed by atoms with van der Waals surface area (Å²) in [6.07, 6.45) is 0.876. The molecule has 6 aromatic rings. The smallest absolute Gasteiger partial charge is 0.422 e. The van der Waals surface area contributed by atoms with E-state index in [0.29, 0.717) is 16.4 Å². The van der Waals surface area contributed by atoms with Gasteiger partial charge in [0, 0.05) is 11.3 Å². The zero-order valence-electron chi connectivity index (χ0n) is 22.6. The second kappa shape index (κ2) is 9.95. The monoisotopic (exact) mass is 596 g/mol. The molecule has 1 unspecified atom stereocenters. The summed E-state index contributed by atoms with van der Waals surface area (Å²) in [7, 11) is -5.39. The van der Waals surface area contributed by atoms with Crippen LogP contribution in [0, 0.1) is 0 Å². The molecule has 43 heavy (non-hydrogen) atoms. The highest BCUT2D eigenvalue weighted by Gasteiger charge is 2.45. The van der Waals surface area contributed by atoms with Crippen molar-refractivity contribution < 1.29 is 26.0 Å². The molecule has 0 bridgehead atoms. The first-order valence-electron chi connectivity index (χ1n) is 13.7. The van der Waals surface area contributed by atoms with Crippen LogP contribution < -0.4 is 5.63 Å². The number of halogens is 3. The minimum absolute atomic E-state index is 0.0217. The molecule has 4 nitrogen and oxygen atoms in total. The summed E-state index contributed by atoms with van der Waals surface area (Å²) in [6.45, 7) is 0. The van der Waals surface area contributed by atoms with Gasteiger partial charge in [0.15, 0.2) is 0 Å². The van der Waals surface area contributed by atoms with Crippen LogP contribution in [0.4, 0.5) is 13.2 Å². The van der Waals surface area contributed by atoms with Gasteiger partial charge >= 0.3 is 11.1 Å². The van der Waals surface area contributed by atoms with Crippen molar-refractivity contribution in [3.63, 3.8) is 0 Å². The fourth-order valence-corrected chi connectivity index (χ4v) is 6.88. The quantitative estimate of drug-likeness (QED) is 0.151. The van der Waals surface area contributed by atoms with E-state index < -0.39 is 26.7 Å². The van der Waals surface area contributed by atoms with Crippen LogP contribution >= 0.6 is 0 Å². The second-order valence-electron chi connectivity index (χ2n) is 10.8. The standard InChI is InChI=1S/C35H23F3O4S/c36-35(37,38)43(40,41)20-21-10-14-28-29-15-13-24(19-33(29)42-34(39)32(28)16-21)23-11-12-25-18-30(22-6-2-1-3-7-22)26-8-4-5-9-27(26)31(25)17-23/h1-17,19,30H,18,20H2. The number of sulfone groups is 1. The molecule has 0 aliphatic heterocycles. The van der Waals surface area contributed by atoms with Gasteiger partial charge in [0.1, 0.15) is 5.58 Å². The number of rotatable bonds is 4. The first-order valence-corrected chi connectivity index (χ1v) is 15.3. The van der Waals surface area contributed by atoms with E-state index in [-0.39, 0.29) is 16.9 Å². The molecule has 0 N–H and O–H groups in total. The Kier molecular flexibility index (Phi) is 6.29. The highest BCUT2D eigenvalue weighted by Crippen LogP contribution is 2.44. The summed E-state index contributed by atoms with van der Waals surface area (Å²) in [6, 6.07) is 34.7. The van der Waals surface area contributed by atoms with E-state index in [0.717, 1.165) is 29.2 Å². The Morgan fingerprint density at radius 1 is 0.721 bits per heavy atom. The van der Waals surface area contributed by atoms with Crippen molar-refractivity contribution in [1.29, 1.82) is 0 Å². The lowest BCUT2D eigenvalue weighted by Gasteiger charge is -2.28. The van der Waals surface area contributed by atoms with Crippen molar-refractivity contribution in [1.82, 2.24) is 0 Å². The molecule has 8 heteroatoms. The molecule has 0 spiro atoms. The summed E-state index contributed by atoms with van der Waals surface area (Å²) >= 11 is 0. The van der Waals surface area contributed by atoms with Gasteiger partial charge in [0.25, 0.3) is 9.84 Å². The third-order valence-electron chi connectivity index (χ3n) is 8.18. The molecule has 5 aromatic carbocycles. The molecule has 1 aromatic heterocycles. The van der Waals surface area contributed by atoms with Crippen molar-refractivity contribution in [2.24, 2.45) is 0 Å². The van der Waals surface area contributed by atoms with Gasteiger partial charge in [-0.3, -0.25) is 0 Å². The number of fused-ring (bicyclic) bond motifs is 6. The Morgan fingerprint density at radius 3 is 2.21 bits per heavy atom. The lowest BCUT2D eigenvalue weighted by atomic mass is 9.75. The zero-order chi connectivity index (χ0) is 29.9. The van der Waals surface area contributed by atoms with Crippen LogP contribution in [-0.4, -0.2) is 13.9 Å². The van der Waals surface area contributed by atoms with Gasteiger partial charge < -0.3 is 4.42 Å². The van der Waals surface area contributed by atoms with Crippen LogP contribution in [0.25, 0.3) is 44.0 Å². The van der Waals surface area contributed by atoms with Crippen molar-refractivity contribution in [3.05, 3.63) is 142 Å². The van der Waals surface area contributed by atoms with Crippen molar-refractivity contribution >= 4 is 31.6 Å². The minimum Gasteiger partial charge on any atom is -0.422 e. The van der Waals surface area contributed by atoms with Gasteiger partial charge in [0.2, 0.25) is 0 Å². The van der Waals surface area contributed by atoms with Crippen molar-refractivity contribution in [3.8, 4) is 22.3 Å². The van der Waals surface area contributed by atoms with E-state index in [2.05, 4.69) is 60.7 Å². The lowest BCUT2D eigenvalue weighted by Crippen LogP contribution is -2.24. The third-order valence-corrected chi connectivity index (χ3v) is 9.60.